The third-order valence-corrected chi connectivity index (χ3v) is 3.88. The number of nitrogens with zero attached hydrogens (tertiary/aromatic N) is 3. The molecule has 0 aliphatic rings. The average molecular weight is 317 g/mol. The zero-order valence-electron chi connectivity index (χ0n) is 14.2. The van der Waals surface area contributed by atoms with Crippen LogP contribution in [0.1, 0.15) is 47.6 Å². The molecule has 6 heteroatoms. The maximum Gasteiger partial charge on any atom is 0.227 e. The first-order valence-electron chi connectivity index (χ1n) is 7.83. The van der Waals surface area contributed by atoms with Crippen molar-refractivity contribution in [3.05, 3.63) is 40.2 Å². The predicted molar refractivity (Wildman–Crippen MR) is 91.2 cm³/mol. The smallest absolute Gasteiger partial charge is 0.227 e. The molecule has 1 aromatic heterocycles. The van der Waals surface area contributed by atoms with E-state index < -0.39 is 6.17 Å². The van der Waals surface area contributed by atoms with E-state index in [4.69, 9.17) is 5.73 Å². The Bertz CT molecular complexity index is 685. The van der Waals surface area contributed by atoms with Gasteiger partial charge in [0.1, 0.15) is 0 Å². The number of aromatic nitrogens is 3. The maximum atomic E-state index is 13.3. The number of aryl methyl sites for hydroxylation is 4. The largest absolute Gasteiger partial charge is 0.368 e. The fourth-order valence-corrected chi connectivity index (χ4v) is 2.43. The molecule has 3 N–H and O–H groups in total. The third kappa shape index (κ3) is 4.61. The molecule has 5 nitrogen and oxygen atoms in total. The van der Waals surface area contributed by atoms with Crippen LogP contribution >= 0.6 is 0 Å². The topological polar surface area (TPSA) is 76.7 Å². The van der Waals surface area contributed by atoms with E-state index >= 15 is 0 Å². The molecule has 0 aliphatic carbocycles. The first-order valence-corrected chi connectivity index (χ1v) is 7.83. The van der Waals surface area contributed by atoms with Crippen LogP contribution in [-0.4, -0.2) is 21.5 Å². The van der Waals surface area contributed by atoms with Crippen molar-refractivity contribution in [2.75, 3.05) is 17.6 Å². The molecule has 2 aromatic rings. The van der Waals surface area contributed by atoms with Gasteiger partial charge in [0, 0.05) is 6.54 Å². The van der Waals surface area contributed by atoms with Gasteiger partial charge in [-0.1, -0.05) is 12.1 Å². The Kier molecular flexibility index (Phi) is 5.47. The summed E-state index contributed by atoms with van der Waals surface area (Å²) in [5, 5.41) is 3.09. The van der Waals surface area contributed by atoms with Crippen molar-refractivity contribution in [2.45, 2.75) is 46.7 Å². The maximum absolute atomic E-state index is 13.3. The molecule has 0 aliphatic heterocycles. The Morgan fingerprint density at radius 1 is 1.09 bits per heavy atom. The number of alkyl halides is 1. The second kappa shape index (κ2) is 7.35. The molecule has 1 aromatic carbocycles. The van der Waals surface area contributed by atoms with Crippen molar-refractivity contribution in [3.8, 4) is 0 Å². The minimum atomic E-state index is -1.26. The fraction of sp³-hybridized carbons (Fsp3) is 0.471. The van der Waals surface area contributed by atoms with Crippen LogP contribution in [-0.2, 0) is 6.42 Å². The van der Waals surface area contributed by atoms with Crippen LogP contribution in [0.2, 0.25) is 0 Å². The van der Waals surface area contributed by atoms with Crippen LogP contribution in [0.3, 0.4) is 0 Å². The minimum Gasteiger partial charge on any atom is -0.368 e. The minimum absolute atomic E-state index is 0.0343. The van der Waals surface area contributed by atoms with Gasteiger partial charge in [-0.2, -0.15) is 15.0 Å². The fourth-order valence-electron chi connectivity index (χ4n) is 2.43. The van der Waals surface area contributed by atoms with Gasteiger partial charge in [0.05, 0.1) is 0 Å². The van der Waals surface area contributed by atoms with Crippen LogP contribution in [0, 0.1) is 20.8 Å². The van der Waals surface area contributed by atoms with Crippen molar-refractivity contribution in [3.63, 3.8) is 0 Å². The third-order valence-electron chi connectivity index (χ3n) is 3.88. The summed E-state index contributed by atoms with van der Waals surface area (Å²) in [7, 11) is 0. The van der Waals surface area contributed by atoms with Gasteiger partial charge >= 0.3 is 0 Å². The van der Waals surface area contributed by atoms with E-state index in [0.717, 1.165) is 12.8 Å². The summed E-state index contributed by atoms with van der Waals surface area (Å²) in [4.78, 5) is 11.8. The molecular formula is C17H24FN5. The van der Waals surface area contributed by atoms with Crippen LogP contribution < -0.4 is 11.1 Å². The number of nitrogen functional groups attached to an aromatic ring is 1. The molecule has 0 spiro atoms. The first kappa shape index (κ1) is 17.1. The SMILES string of the molecule is Cc1cc(C)c(CCCNc2nc(N)nc([C@H](C)F)n2)cc1C. The lowest BCUT2D eigenvalue weighted by Crippen LogP contribution is -2.11. The van der Waals surface area contributed by atoms with E-state index in [-0.39, 0.29) is 11.8 Å². The van der Waals surface area contributed by atoms with E-state index in [1.165, 1.54) is 29.2 Å². The predicted octanol–water partition coefficient (Wildman–Crippen LogP) is 3.45. The van der Waals surface area contributed by atoms with E-state index in [2.05, 4.69) is 53.2 Å². The Morgan fingerprint density at radius 3 is 2.48 bits per heavy atom. The summed E-state index contributed by atoms with van der Waals surface area (Å²) < 4.78 is 13.3. The Hall–Kier alpha value is -2.24. The normalized spacial score (nSPS) is 12.2. The molecule has 0 bridgehead atoms. The number of benzene rings is 1. The van der Waals surface area contributed by atoms with Gasteiger partial charge in [0.25, 0.3) is 0 Å². The lowest BCUT2D eigenvalue weighted by Gasteiger charge is -2.11. The van der Waals surface area contributed by atoms with Crippen molar-refractivity contribution in [1.82, 2.24) is 15.0 Å². The molecule has 1 atom stereocenters. The van der Waals surface area contributed by atoms with E-state index in [1.54, 1.807) is 0 Å². The number of halogens is 1. The molecule has 0 unspecified atom stereocenters. The van der Waals surface area contributed by atoms with Gasteiger partial charge < -0.3 is 11.1 Å². The van der Waals surface area contributed by atoms with Gasteiger partial charge in [0.15, 0.2) is 12.0 Å². The molecule has 0 radical (unpaired) electrons. The van der Waals surface area contributed by atoms with Gasteiger partial charge in [-0.3, -0.25) is 0 Å². The second-order valence-corrected chi connectivity index (χ2v) is 5.88. The highest BCUT2D eigenvalue weighted by Crippen LogP contribution is 2.17. The number of nitrogens with two attached hydrogens (primary N) is 1. The van der Waals surface area contributed by atoms with Gasteiger partial charge in [-0.25, -0.2) is 4.39 Å². The highest BCUT2D eigenvalue weighted by molar-refractivity contribution is 5.36. The quantitative estimate of drug-likeness (QED) is 0.798. The van der Waals surface area contributed by atoms with Gasteiger partial charge in [-0.05, 0) is 62.8 Å². The zero-order chi connectivity index (χ0) is 17.0. The Balaban J connectivity index is 1.92. The highest BCUT2D eigenvalue weighted by atomic mass is 19.1. The van der Waals surface area contributed by atoms with Crippen LogP contribution in [0.5, 0.6) is 0 Å². The summed E-state index contributed by atoms with van der Waals surface area (Å²) in [5.41, 5.74) is 10.9. The second-order valence-electron chi connectivity index (χ2n) is 5.88. The average Bonchev–Trinajstić information content (AvgIpc) is 2.48. The highest BCUT2D eigenvalue weighted by Gasteiger charge is 2.10. The van der Waals surface area contributed by atoms with Gasteiger partial charge in [0.2, 0.25) is 11.9 Å². The zero-order valence-corrected chi connectivity index (χ0v) is 14.2. The molecular weight excluding hydrogens is 293 g/mol. The summed E-state index contributed by atoms with van der Waals surface area (Å²) >= 11 is 0. The molecule has 2 rings (SSSR count). The molecule has 0 amide bonds. The first-order chi connectivity index (χ1) is 10.9. The van der Waals surface area contributed by atoms with Crippen molar-refractivity contribution >= 4 is 11.9 Å². The van der Waals surface area contributed by atoms with Crippen LogP contribution in [0.15, 0.2) is 12.1 Å². The lowest BCUT2D eigenvalue weighted by molar-refractivity contribution is 0.356. The summed E-state index contributed by atoms with van der Waals surface area (Å²) in [6, 6.07) is 4.47. The number of hydrogen-bond donors (Lipinski definition) is 2. The van der Waals surface area contributed by atoms with Crippen molar-refractivity contribution < 1.29 is 4.39 Å². The number of nitrogens with one attached hydrogen (secondary N) is 1. The monoisotopic (exact) mass is 317 g/mol. The molecule has 1 heterocycles. The van der Waals surface area contributed by atoms with Crippen molar-refractivity contribution in [1.29, 1.82) is 0 Å². The molecule has 0 saturated carbocycles. The van der Waals surface area contributed by atoms with E-state index in [9.17, 15) is 4.39 Å². The lowest BCUT2D eigenvalue weighted by atomic mass is 9.98. The number of rotatable bonds is 6. The summed E-state index contributed by atoms with van der Waals surface area (Å²) in [6.07, 6.45) is 0.626. The van der Waals surface area contributed by atoms with E-state index in [1.807, 2.05) is 0 Å². The molecule has 23 heavy (non-hydrogen) atoms. The number of hydrogen-bond acceptors (Lipinski definition) is 5. The van der Waals surface area contributed by atoms with Crippen LogP contribution in [0.25, 0.3) is 0 Å². The van der Waals surface area contributed by atoms with E-state index in [0.29, 0.717) is 12.5 Å². The summed E-state index contributed by atoms with van der Waals surface area (Å²) in [5.74, 6) is 0.422. The molecule has 0 fully saturated rings. The van der Waals surface area contributed by atoms with Gasteiger partial charge in [-0.15, -0.1) is 0 Å². The summed E-state index contributed by atoms with van der Waals surface area (Å²) in [6.45, 7) is 8.46. The Labute approximate surface area is 136 Å². The number of anilines is 2. The Morgan fingerprint density at radius 2 is 1.78 bits per heavy atom. The van der Waals surface area contributed by atoms with Crippen molar-refractivity contribution in [2.24, 2.45) is 0 Å². The molecule has 0 saturated heterocycles. The molecule has 124 valence electrons. The standard InChI is InChI=1S/C17H24FN5/c1-10-8-12(3)14(9-11(10)2)6-5-7-20-17-22-15(13(4)18)21-16(19)23-17/h8-9,13H,5-7H2,1-4H3,(H3,19,20,21,22,23)/t13-/m0/s1. The van der Waals surface area contributed by atoms with Crippen LogP contribution in [0.4, 0.5) is 16.3 Å².